The number of amides is 1. The van der Waals surface area contributed by atoms with Crippen molar-refractivity contribution >= 4 is 11.7 Å². The smallest absolute Gasteiger partial charge is 0.225 e. The van der Waals surface area contributed by atoms with Gasteiger partial charge in [-0.15, -0.1) is 0 Å². The molecule has 2 aromatic carbocycles. The fourth-order valence-electron chi connectivity index (χ4n) is 4.81. The number of para-hydroxylation sites is 1. The molecule has 1 heterocycles. The molecule has 1 N–H and O–H groups in total. The maximum Gasteiger partial charge on any atom is 0.225 e. The zero-order chi connectivity index (χ0) is 22.7. The molecular formula is C27H31NO4. The zero-order valence-corrected chi connectivity index (χ0v) is 19.1. The highest BCUT2D eigenvalue weighted by atomic mass is 16.5. The summed E-state index contributed by atoms with van der Waals surface area (Å²) in [5.41, 5.74) is 4.75. The predicted octanol–water partition coefficient (Wildman–Crippen LogP) is 5.05. The number of hydrogen-bond acceptors (Lipinski definition) is 4. The van der Waals surface area contributed by atoms with E-state index >= 15 is 0 Å². The van der Waals surface area contributed by atoms with Crippen LogP contribution in [-0.2, 0) is 16.0 Å². The van der Waals surface area contributed by atoms with Gasteiger partial charge in [-0.05, 0) is 42.4 Å². The number of rotatable bonds is 7. The van der Waals surface area contributed by atoms with Gasteiger partial charge in [-0.2, -0.15) is 0 Å². The highest BCUT2D eigenvalue weighted by Crippen LogP contribution is 2.46. The normalized spacial score (nSPS) is 20.6. The summed E-state index contributed by atoms with van der Waals surface area (Å²) in [7, 11) is 1.61. The van der Waals surface area contributed by atoms with Crippen molar-refractivity contribution in [2.45, 2.75) is 57.8 Å². The van der Waals surface area contributed by atoms with Crippen molar-refractivity contribution < 1.29 is 19.1 Å². The highest BCUT2D eigenvalue weighted by Gasteiger charge is 2.39. The molecule has 5 heteroatoms. The Kier molecular flexibility index (Phi) is 6.63. The van der Waals surface area contributed by atoms with E-state index in [0.717, 1.165) is 35.2 Å². The molecule has 0 saturated carbocycles. The molecule has 2 unspecified atom stereocenters. The van der Waals surface area contributed by atoms with Gasteiger partial charge in [0, 0.05) is 35.6 Å². The molecule has 2 atom stereocenters. The topological polar surface area (TPSA) is 64.6 Å². The van der Waals surface area contributed by atoms with E-state index in [4.69, 9.17) is 9.47 Å². The monoisotopic (exact) mass is 433 g/mol. The van der Waals surface area contributed by atoms with Gasteiger partial charge in [0.1, 0.15) is 0 Å². The average Bonchev–Trinajstić information content (AvgIpc) is 2.81. The van der Waals surface area contributed by atoms with Crippen molar-refractivity contribution in [3.63, 3.8) is 0 Å². The van der Waals surface area contributed by atoms with E-state index in [1.165, 1.54) is 5.56 Å². The maximum atomic E-state index is 13.4. The Morgan fingerprint density at radius 2 is 1.78 bits per heavy atom. The Morgan fingerprint density at radius 3 is 2.47 bits per heavy atom. The lowest BCUT2D eigenvalue weighted by molar-refractivity contribution is -0.122. The van der Waals surface area contributed by atoms with Crippen LogP contribution in [0.5, 0.6) is 11.5 Å². The molecule has 168 valence electrons. The molecule has 2 aliphatic rings. The zero-order valence-electron chi connectivity index (χ0n) is 19.1. The molecule has 1 aliphatic carbocycles. The van der Waals surface area contributed by atoms with Crippen LogP contribution in [0.2, 0.25) is 0 Å². The lowest BCUT2D eigenvalue weighted by Crippen LogP contribution is -2.38. The molecule has 0 saturated heterocycles. The molecule has 4 rings (SSSR count). The second kappa shape index (κ2) is 9.60. The van der Waals surface area contributed by atoms with Crippen LogP contribution in [0.4, 0.5) is 0 Å². The van der Waals surface area contributed by atoms with E-state index in [-0.39, 0.29) is 29.9 Å². The van der Waals surface area contributed by atoms with Gasteiger partial charge in [0.15, 0.2) is 17.3 Å². The summed E-state index contributed by atoms with van der Waals surface area (Å²) in [6.07, 6.45) is 3.18. The number of Topliss-reactive ketones (excluding diaryl/α,β-unsaturated/α-hetero) is 1. The number of carbonyl (C=O) groups excluding carboxylic acids is 2. The number of benzene rings is 2. The number of ketones is 1. The van der Waals surface area contributed by atoms with Crippen LogP contribution in [0.25, 0.3) is 0 Å². The molecule has 1 aliphatic heterocycles. The van der Waals surface area contributed by atoms with Crippen molar-refractivity contribution in [2.75, 3.05) is 13.7 Å². The highest BCUT2D eigenvalue weighted by molar-refractivity contribution is 6.02. The molecule has 5 nitrogen and oxygen atoms in total. The van der Waals surface area contributed by atoms with Crippen LogP contribution in [0, 0.1) is 0 Å². The van der Waals surface area contributed by atoms with Gasteiger partial charge in [-0.1, -0.05) is 50.2 Å². The summed E-state index contributed by atoms with van der Waals surface area (Å²) < 4.78 is 11.6. The number of aryl methyl sites for hydroxylation is 1. The third-order valence-corrected chi connectivity index (χ3v) is 6.45. The van der Waals surface area contributed by atoms with Crippen LogP contribution in [0.3, 0.4) is 0 Å². The number of methoxy groups -OCH3 is 1. The minimum atomic E-state index is -0.323. The summed E-state index contributed by atoms with van der Waals surface area (Å²) in [5.74, 6) is 1.05. The second-order valence-electron chi connectivity index (χ2n) is 8.55. The van der Waals surface area contributed by atoms with Gasteiger partial charge in [0.25, 0.3) is 0 Å². The summed E-state index contributed by atoms with van der Waals surface area (Å²) in [4.78, 5) is 26.1. The standard InChI is InChI=1S/C27H31NO4/c1-4-13-32-27-20(7-6-8-24(27)31-3)21-16-25(30)28-22-14-19(15-23(29)26(21)22)18-11-9-17(5-2)10-12-18/h6-12,19,21H,4-5,13-16H2,1-3H3,(H,28,30). The van der Waals surface area contributed by atoms with E-state index in [1.807, 2.05) is 25.1 Å². The third-order valence-electron chi connectivity index (χ3n) is 6.45. The molecule has 0 bridgehead atoms. The summed E-state index contributed by atoms with van der Waals surface area (Å²) in [6.45, 7) is 4.72. The summed E-state index contributed by atoms with van der Waals surface area (Å²) in [5, 5.41) is 3.01. The number of ether oxygens (including phenoxy) is 2. The van der Waals surface area contributed by atoms with Gasteiger partial charge in [-0.3, -0.25) is 9.59 Å². The first-order valence-electron chi connectivity index (χ1n) is 11.5. The Morgan fingerprint density at radius 1 is 1.00 bits per heavy atom. The third kappa shape index (κ3) is 4.29. The second-order valence-corrected chi connectivity index (χ2v) is 8.55. The van der Waals surface area contributed by atoms with E-state index in [1.54, 1.807) is 7.11 Å². The van der Waals surface area contributed by atoms with Crippen molar-refractivity contribution in [1.82, 2.24) is 5.32 Å². The van der Waals surface area contributed by atoms with Gasteiger partial charge < -0.3 is 14.8 Å². The first kappa shape index (κ1) is 22.1. The molecule has 0 aromatic heterocycles. The fourth-order valence-corrected chi connectivity index (χ4v) is 4.81. The van der Waals surface area contributed by atoms with Crippen LogP contribution in [0.15, 0.2) is 53.7 Å². The number of nitrogens with one attached hydrogen (secondary N) is 1. The first-order valence-corrected chi connectivity index (χ1v) is 11.5. The Balaban J connectivity index is 1.72. The molecule has 0 spiro atoms. The summed E-state index contributed by atoms with van der Waals surface area (Å²) >= 11 is 0. The fraction of sp³-hybridized carbons (Fsp3) is 0.407. The van der Waals surface area contributed by atoms with E-state index in [9.17, 15) is 9.59 Å². The Bertz CT molecular complexity index is 1040. The molecule has 32 heavy (non-hydrogen) atoms. The van der Waals surface area contributed by atoms with Crippen LogP contribution in [0.1, 0.15) is 68.1 Å². The van der Waals surface area contributed by atoms with Crippen LogP contribution in [-0.4, -0.2) is 25.4 Å². The molecule has 0 fully saturated rings. The van der Waals surface area contributed by atoms with E-state index in [0.29, 0.717) is 30.9 Å². The van der Waals surface area contributed by atoms with Crippen molar-refractivity contribution in [2.24, 2.45) is 0 Å². The molecular weight excluding hydrogens is 402 g/mol. The van der Waals surface area contributed by atoms with E-state index in [2.05, 4.69) is 36.5 Å². The van der Waals surface area contributed by atoms with Gasteiger partial charge in [-0.25, -0.2) is 0 Å². The summed E-state index contributed by atoms with van der Waals surface area (Å²) in [6, 6.07) is 14.2. The molecule has 2 aromatic rings. The first-order chi connectivity index (χ1) is 15.5. The lowest BCUT2D eigenvalue weighted by atomic mass is 9.73. The van der Waals surface area contributed by atoms with Crippen molar-refractivity contribution in [3.05, 3.63) is 70.4 Å². The van der Waals surface area contributed by atoms with Crippen LogP contribution < -0.4 is 14.8 Å². The number of hydrogen-bond donors (Lipinski definition) is 1. The van der Waals surface area contributed by atoms with Crippen LogP contribution >= 0.6 is 0 Å². The number of carbonyl (C=O) groups is 2. The van der Waals surface area contributed by atoms with Crippen molar-refractivity contribution in [3.8, 4) is 11.5 Å². The minimum absolute atomic E-state index is 0.0622. The average molecular weight is 434 g/mol. The number of allylic oxidation sites excluding steroid dienone is 2. The van der Waals surface area contributed by atoms with Crippen molar-refractivity contribution in [1.29, 1.82) is 0 Å². The maximum absolute atomic E-state index is 13.4. The van der Waals surface area contributed by atoms with Gasteiger partial charge >= 0.3 is 0 Å². The largest absolute Gasteiger partial charge is 0.493 e. The molecule has 1 amide bonds. The Labute approximate surface area is 189 Å². The molecule has 0 radical (unpaired) electrons. The minimum Gasteiger partial charge on any atom is -0.493 e. The van der Waals surface area contributed by atoms with E-state index < -0.39 is 0 Å². The lowest BCUT2D eigenvalue weighted by Gasteiger charge is -2.35. The SMILES string of the molecule is CCCOc1c(OC)cccc1C1CC(=O)NC2=C1C(=O)CC(c1ccc(CC)cc1)C2. The van der Waals surface area contributed by atoms with Gasteiger partial charge in [0.05, 0.1) is 13.7 Å². The van der Waals surface area contributed by atoms with Gasteiger partial charge in [0.2, 0.25) is 5.91 Å². The quantitative estimate of drug-likeness (QED) is 0.664. The Hall–Kier alpha value is -3.08. The predicted molar refractivity (Wildman–Crippen MR) is 124 cm³/mol.